The topological polar surface area (TPSA) is 12.0 Å². The molecule has 2 heteroatoms. The second-order valence-corrected chi connectivity index (χ2v) is 4.36. The van der Waals surface area contributed by atoms with E-state index in [0.717, 1.165) is 5.92 Å². The van der Waals surface area contributed by atoms with E-state index in [1.54, 1.807) is 0 Å². The molecule has 0 rings (SSSR count). The highest BCUT2D eigenvalue weighted by atomic mass is 32.2. The van der Waals surface area contributed by atoms with Crippen molar-refractivity contribution >= 4 is 11.8 Å². The minimum atomic E-state index is 0.687. The maximum Gasteiger partial charge on any atom is 0.0178 e. The van der Waals surface area contributed by atoms with Gasteiger partial charge in [0.05, 0.1) is 0 Å². The minimum Gasteiger partial charge on any atom is -0.316 e. The summed E-state index contributed by atoms with van der Waals surface area (Å²) in [6.07, 6.45) is 1.29. The number of hydrogen-bond acceptors (Lipinski definition) is 2. The van der Waals surface area contributed by atoms with Gasteiger partial charge < -0.3 is 5.32 Å². The van der Waals surface area contributed by atoms with E-state index >= 15 is 0 Å². The molecular weight excluding hydrogens is 154 g/mol. The van der Waals surface area contributed by atoms with Crippen LogP contribution in [0.3, 0.4) is 0 Å². The molecule has 0 aromatic rings. The van der Waals surface area contributed by atoms with Gasteiger partial charge in [-0.15, -0.1) is 0 Å². The molecule has 0 heterocycles. The molecule has 68 valence electrons. The molecule has 0 amide bonds. The monoisotopic (exact) mass is 175 g/mol. The quantitative estimate of drug-likeness (QED) is 0.622. The van der Waals surface area contributed by atoms with Gasteiger partial charge in [0.15, 0.2) is 0 Å². The summed E-state index contributed by atoms with van der Waals surface area (Å²) in [4.78, 5) is 0. The van der Waals surface area contributed by atoms with Crippen molar-refractivity contribution in [1.29, 1.82) is 0 Å². The van der Waals surface area contributed by atoms with Crippen LogP contribution in [0.5, 0.6) is 0 Å². The Balaban J connectivity index is 3.36. The highest BCUT2D eigenvalue weighted by molar-refractivity contribution is 7.99. The number of thioether (sulfide) groups is 1. The van der Waals surface area contributed by atoms with Gasteiger partial charge in [-0.05, 0) is 25.1 Å². The second kappa shape index (κ2) is 6.99. The van der Waals surface area contributed by atoms with Crippen LogP contribution >= 0.6 is 11.8 Å². The molecule has 0 saturated heterocycles. The molecule has 0 aliphatic heterocycles. The predicted molar refractivity (Wildman–Crippen MR) is 55.3 cm³/mol. The summed E-state index contributed by atoms with van der Waals surface area (Å²) >= 11 is 2.05. The lowest BCUT2D eigenvalue weighted by atomic mass is 10.1. The third kappa shape index (κ3) is 5.57. The molecule has 1 atom stereocenters. The number of nitrogens with one attached hydrogen (secondary N) is 1. The van der Waals surface area contributed by atoms with Gasteiger partial charge in [0.25, 0.3) is 0 Å². The van der Waals surface area contributed by atoms with Crippen molar-refractivity contribution in [3.8, 4) is 0 Å². The summed E-state index contributed by atoms with van der Waals surface area (Å²) in [5.41, 5.74) is 0. The van der Waals surface area contributed by atoms with Crippen LogP contribution in [0.4, 0.5) is 0 Å². The molecule has 1 N–H and O–H groups in total. The molecule has 0 fully saturated rings. The van der Waals surface area contributed by atoms with Crippen molar-refractivity contribution in [3.63, 3.8) is 0 Å². The molecule has 1 unspecified atom stereocenters. The van der Waals surface area contributed by atoms with Gasteiger partial charge in [-0.1, -0.05) is 20.8 Å². The normalized spacial score (nSPS) is 13.9. The summed E-state index contributed by atoms with van der Waals surface area (Å²) in [5.74, 6) is 3.30. The number of rotatable bonds is 6. The SMILES string of the molecule is CCCSCC(NC)C(C)C. The van der Waals surface area contributed by atoms with Crippen molar-refractivity contribution < 1.29 is 0 Å². The van der Waals surface area contributed by atoms with Gasteiger partial charge in [0.1, 0.15) is 0 Å². The van der Waals surface area contributed by atoms with E-state index in [-0.39, 0.29) is 0 Å². The van der Waals surface area contributed by atoms with E-state index in [1.165, 1.54) is 17.9 Å². The minimum absolute atomic E-state index is 0.687. The van der Waals surface area contributed by atoms with Crippen LogP contribution in [0, 0.1) is 5.92 Å². The van der Waals surface area contributed by atoms with E-state index in [4.69, 9.17) is 0 Å². The van der Waals surface area contributed by atoms with E-state index in [0.29, 0.717) is 6.04 Å². The molecule has 0 aliphatic carbocycles. The zero-order chi connectivity index (χ0) is 8.69. The Hall–Kier alpha value is 0.310. The lowest BCUT2D eigenvalue weighted by Crippen LogP contribution is -2.33. The first kappa shape index (κ1) is 11.3. The Labute approximate surface area is 75.3 Å². The van der Waals surface area contributed by atoms with Gasteiger partial charge in [-0.25, -0.2) is 0 Å². The van der Waals surface area contributed by atoms with Crippen molar-refractivity contribution in [2.24, 2.45) is 5.92 Å². The van der Waals surface area contributed by atoms with Crippen molar-refractivity contribution in [2.75, 3.05) is 18.6 Å². The van der Waals surface area contributed by atoms with Crippen LogP contribution in [0.15, 0.2) is 0 Å². The average molecular weight is 175 g/mol. The molecular formula is C9H21NS. The predicted octanol–water partition coefficient (Wildman–Crippen LogP) is 2.37. The fourth-order valence-electron chi connectivity index (χ4n) is 0.964. The lowest BCUT2D eigenvalue weighted by Gasteiger charge is -2.19. The van der Waals surface area contributed by atoms with Crippen molar-refractivity contribution in [1.82, 2.24) is 5.32 Å². The van der Waals surface area contributed by atoms with Gasteiger partial charge in [-0.3, -0.25) is 0 Å². The summed E-state index contributed by atoms with van der Waals surface area (Å²) in [7, 11) is 2.05. The van der Waals surface area contributed by atoms with Crippen molar-refractivity contribution in [3.05, 3.63) is 0 Å². The molecule has 0 bridgehead atoms. The Morgan fingerprint density at radius 3 is 2.36 bits per heavy atom. The fourth-order valence-corrected chi connectivity index (χ4v) is 2.22. The molecule has 0 aromatic heterocycles. The van der Waals surface area contributed by atoms with Crippen LogP contribution in [0.2, 0.25) is 0 Å². The average Bonchev–Trinajstić information content (AvgIpc) is 1.97. The summed E-state index contributed by atoms with van der Waals surface area (Å²) in [5, 5.41) is 3.34. The van der Waals surface area contributed by atoms with Gasteiger partial charge >= 0.3 is 0 Å². The van der Waals surface area contributed by atoms with Crippen LogP contribution in [-0.2, 0) is 0 Å². The molecule has 0 radical (unpaired) electrons. The van der Waals surface area contributed by atoms with Gasteiger partial charge in [0.2, 0.25) is 0 Å². The molecule has 0 aromatic carbocycles. The second-order valence-electron chi connectivity index (χ2n) is 3.21. The summed E-state index contributed by atoms with van der Waals surface area (Å²) < 4.78 is 0. The highest BCUT2D eigenvalue weighted by Gasteiger charge is 2.09. The Morgan fingerprint density at radius 1 is 1.36 bits per heavy atom. The Kier molecular flexibility index (Phi) is 7.18. The highest BCUT2D eigenvalue weighted by Crippen LogP contribution is 2.10. The maximum atomic E-state index is 3.34. The maximum absolute atomic E-state index is 3.34. The van der Waals surface area contributed by atoms with Crippen LogP contribution in [0.1, 0.15) is 27.2 Å². The van der Waals surface area contributed by atoms with E-state index in [2.05, 4.69) is 44.9 Å². The zero-order valence-electron chi connectivity index (χ0n) is 8.18. The fraction of sp³-hybridized carbons (Fsp3) is 1.00. The van der Waals surface area contributed by atoms with Crippen LogP contribution < -0.4 is 5.32 Å². The summed E-state index contributed by atoms with van der Waals surface area (Å²) in [6.45, 7) is 6.78. The third-order valence-corrected chi connectivity index (χ3v) is 3.11. The Morgan fingerprint density at radius 2 is 2.00 bits per heavy atom. The van der Waals surface area contributed by atoms with E-state index < -0.39 is 0 Å². The smallest absolute Gasteiger partial charge is 0.0178 e. The number of hydrogen-bond donors (Lipinski definition) is 1. The molecule has 0 saturated carbocycles. The lowest BCUT2D eigenvalue weighted by molar-refractivity contribution is 0.465. The molecule has 0 aliphatic rings. The van der Waals surface area contributed by atoms with Crippen LogP contribution in [0.25, 0.3) is 0 Å². The standard InChI is InChI=1S/C9H21NS/c1-5-6-11-7-9(10-4)8(2)3/h8-10H,5-7H2,1-4H3. The first-order valence-corrected chi connectivity index (χ1v) is 5.62. The third-order valence-electron chi connectivity index (χ3n) is 1.82. The van der Waals surface area contributed by atoms with Crippen LogP contribution in [-0.4, -0.2) is 24.6 Å². The largest absolute Gasteiger partial charge is 0.316 e. The molecule has 0 spiro atoms. The van der Waals surface area contributed by atoms with E-state index in [9.17, 15) is 0 Å². The van der Waals surface area contributed by atoms with Crippen molar-refractivity contribution in [2.45, 2.75) is 33.2 Å². The zero-order valence-corrected chi connectivity index (χ0v) is 9.00. The van der Waals surface area contributed by atoms with Gasteiger partial charge in [-0.2, -0.15) is 11.8 Å². The first-order chi connectivity index (χ1) is 5.22. The first-order valence-electron chi connectivity index (χ1n) is 4.47. The summed E-state index contributed by atoms with van der Waals surface area (Å²) in [6, 6.07) is 0.687. The molecule has 11 heavy (non-hydrogen) atoms. The van der Waals surface area contributed by atoms with E-state index in [1.807, 2.05) is 0 Å². The molecule has 1 nitrogen and oxygen atoms in total. The van der Waals surface area contributed by atoms with Gasteiger partial charge in [0, 0.05) is 11.8 Å². The Bertz CT molecular complexity index is 83.6.